The number of benzene rings is 1. The van der Waals surface area contributed by atoms with Gasteiger partial charge in [-0.15, -0.1) is 0 Å². The van der Waals surface area contributed by atoms with E-state index in [1.165, 1.54) is 0 Å². The van der Waals surface area contributed by atoms with Crippen LogP contribution in [0.15, 0.2) is 48.7 Å². The lowest BCUT2D eigenvalue weighted by atomic mass is 10.1. The van der Waals surface area contributed by atoms with Gasteiger partial charge in [-0.2, -0.15) is 0 Å². The first-order chi connectivity index (χ1) is 9.16. The van der Waals surface area contributed by atoms with E-state index in [0.29, 0.717) is 11.4 Å². The van der Waals surface area contributed by atoms with Gasteiger partial charge >= 0.3 is 0 Å². The zero-order valence-corrected chi connectivity index (χ0v) is 11.4. The molecule has 0 aliphatic heterocycles. The highest BCUT2D eigenvalue weighted by Gasteiger charge is 2.17. The zero-order valence-electron chi connectivity index (χ0n) is 10.6. The molecule has 4 nitrogen and oxygen atoms in total. The smallest absolute Gasteiger partial charge is 0.268 e. The van der Waals surface area contributed by atoms with Crippen LogP contribution in [0.4, 0.5) is 0 Å². The van der Waals surface area contributed by atoms with Crippen LogP contribution in [0.25, 0.3) is 0 Å². The number of hydrogen-bond donors (Lipinski definition) is 2. The topological polar surface area (TPSA) is 62.0 Å². The third-order valence-electron chi connectivity index (χ3n) is 2.75. The summed E-state index contributed by atoms with van der Waals surface area (Å²) >= 11 is 0. The summed E-state index contributed by atoms with van der Waals surface area (Å²) in [5.74, 6) is 0.209. The van der Waals surface area contributed by atoms with Crippen molar-refractivity contribution in [3.05, 3.63) is 59.9 Å². The van der Waals surface area contributed by atoms with Crippen molar-refractivity contribution < 1.29 is 9.00 Å². The van der Waals surface area contributed by atoms with Gasteiger partial charge in [0.05, 0.1) is 6.04 Å². The predicted molar refractivity (Wildman–Crippen MR) is 76.4 cm³/mol. The van der Waals surface area contributed by atoms with Gasteiger partial charge in [-0.05, 0) is 17.7 Å². The van der Waals surface area contributed by atoms with E-state index in [2.05, 4.69) is 10.3 Å². The molecule has 19 heavy (non-hydrogen) atoms. The molecule has 1 aromatic heterocycles. The Hall–Kier alpha value is -1.88. The zero-order chi connectivity index (χ0) is 13.7. The number of rotatable bonds is 5. The van der Waals surface area contributed by atoms with Crippen molar-refractivity contribution in [3.8, 4) is 0 Å². The van der Waals surface area contributed by atoms with Gasteiger partial charge in [0.2, 0.25) is 0 Å². The predicted octanol–water partition coefficient (Wildman–Crippen LogP) is 1.86. The maximum atomic E-state index is 12.0. The summed E-state index contributed by atoms with van der Waals surface area (Å²) in [4.78, 5) is 14.9. The summed E-state index contributed by atoms with van der Waals surface area (Å²) in [6.07, 6.45) is 3.33. The van der Waals surface area contributed by atoms with Crippen molar-refractivity contribution >= 4 is 16.7 Å². The number of carbonyl (C=O) groups excluding carboxylic acids is 1. The molecule has 0 bridgehead atoms. The minimum atomic E-state index is -0.984. The number of carbonyl (C=O) groups is 1. The van der Waals surface area contributed by atoms with Crippen molar-refractivity contribution in [2.75, 3.05) is 12.0 Å². The Morgan fingerprint density at radius 1 is 1.26 bits per heavy atom. The Balaban J connectivity index is 2.15. The summed E-state index contributed by atoms with van der Waals surface area (Å²) in [5, 5.41) is 2.90. The summed E-state index contributed by atoms with van der Waals surface area (Å²) in [6, 6.07) is 12.8. The SMILES string of the molecule is C[S@@](=O)C[C@@H](NC(=O)c1ccc[nH]1)c1ccccc1. The molecule has 0 aliphatic rings. The number of aromatic amines is 1. The molecule has 2 atom stereocenters. The molecule has 0 unspecified atom stereocenters. The van der Waals surface area contributed by atoms with Gasteiger partial charge in [0, 0.05) is 29.0 Å². The summed E-state index contributed by atoms with van der Waals surface area (Å²) in [7, 11) is -0.984. The minimum absolute atomic E-state index is 0.190. The van der Waals surface area contributed by atoms with Crippen LogP contribution >= 0.6 is 0 Å². The normalized spacial score (nSPS) is 13.7. The van der Waals surface area contributed by atoms with Crippen LogP contribution in [-0.4, -0.2) is 27.1 Å². The van der Waals surface area contributed by atoms with Crippen molar-refractivity contribution in [1.29, 1.82) is 0 Å². The molecule has 1 aromatic carbocycles. The van der Waals surface area contributed by atoms with E-state index in [4.69, 9.17) is 0 Å². The Bertz CT molecular complexity index is 552. The quantitative estimate of drug-likeness (QED) is 0.875. The monoisotopic (exact) mass is 276 g/mol. The molecule has 0 saturated carbocycles. The molecule has 1 heterocycles. The second-order valence-corrected chi connectivity index (χ2v) is 5.74. The molecular weight excluding hydrogens is 260 g/mol. The first-order valence-corrected chi connectivity index (χ1v) is 7.69. The van der Waals surface area contributed by atoms with Gasteiger partial charge < -0.3 is 10.3 Å². The van der Waals surface area contributed by atoms with Crippen molar-refractivity contribution in [1.82, 2.24) is 10.3 Å². The molecule has 1 amide bonds. The third-order valence-corrected chi connectivity index (χ3v) is 3.55. The number of H-pyrrole nitrogens is 1. The van der Waals surface area contributed by atoms with Crippen molar-refractivity contribution in [2.24, 2.45) is 0 Å². The van der Waals surface area contributed by atoms with Crippen LogP contribution in [-0.2, 0) is 10.8 Å². The molecule has 0 spiro atoms. The van der Waals surface area contributed by atoms with Crippen LogP contribution in [0, 0.1) is 0 Å². The van der Waals surface area contributed by atoms with E-state index in [1.807, 2.05) is 30.3 Å². The maximum absolute atomic E-state index is 12.0. The molecule has 0 aliphatic carbocycles. The second kappa shape index (κ2) is 6.33. The van der Waals surface area contributed by atoms with E-state index in [1.54, 1.807) is 24.6 Å². The molecular formula is C14H16N2O2S. The molecule has 100 valence electrons. The fourth-order valence-corrected chi connectivity index (χ4v) is 2.59. The van der Waals surface area contributed by atoms with Crippen LogP contribution in [0.5, 0.6) is 0 Å². The fourth-order valence-electron chi connectivity index (χ4n) is 1.85. The largest absolute Gasteiger partial charge is 0.357 e. The van der Waals surface area contributed by atoms with E-state index < -0.39 is 10.8 Å². The van der Waals surface area contributed by atoms with Gasteiger partial charge in [-0.3, -0.25) is 9.00 Å². The van der Waals surface area contributed by atoms with Crippen LogP contribution < -0.4 is 5.32 Å². The summed E-state index contributed by atoms with van der Waals surface area (Å²) in [6.45, 7) is 0. The van der Waals surface area contributed by atoms with Crippen molar-refractivity contribution in [2.45, 2.75) is 6.04 Å². The highest BCUT2D eigenvalue weighted by molar-refractivity contribution is 7.84. The molecule has 5 heteroatoms. The second-order valence-electron chi connectivity index (χ2n) is 4.26. The van der Waals surface area contributed by atoms with E-state index in [-0.39, 0.29) is 11.9 Å². The number of hydrogen-bond acceptors (Lipinski definition) is 2. The van der Waals surface area contributed by atoms with Crippen LogP contribution in [0.3, 0.4) is 0 Å². The number of nitrogens with one attached hydrogen (secondary N) is 2. The first-order valence-electron chi connectivity index (χ1n) is 5.96. The third kappa shape index (κ3) is 3.79. The van der Waals surface area contributed by atoms with Gasteiger partial charge in [0.15, 0.2) is 0 Å². The Morgan fingerprint density at radius 3 is 2.58 bits per heavy atom. The van der Waals surface area contributed by atoms with E-state index >= 15 is 0 Å². The molecule has 2 N–H and O–H groups in total. The summed E-state index contributed by atoms with van der Waals surface area (Å²) < 4.78 is 11.4. The molecule has 0 fully saturated rings. The van der Waals surface area contributed by atoms with Gasteiger partial charge in [-0.25, -0.2) is 0 Å². The number of amides is 1. The van der Waals surface area contributed by atoms with Crippen LogP contribution in [0.2, 0.25) is 0 Å². The number of aromatic nitrogens is 1. The Labute approximate surface area is 114 Å². The minimum Gasteiger partial charge on any atom is -0.357 e. The highest BCUT2D eigenvalue weighted by Crippen LogP contribution is 2.14. The average Bonchev–Trinajstić information content (AvgIpc) is 2.92. The van der Waals surface area contributed by atoms with Crippen LogP contribution in [0.1, 0.15) is 22.1 Å². The van der Waals surface area contributed by atoms with Gasteiger partial charge in [-0.1, -0.05) is 30.3 Å². The molecule has 0 saturated heterocycles. The maximum Gasteiger partial charge on any atom is 0.268 e. The standard InChI is InChI=1S/C14H16N2O2S/c1-19(18)10-13(11-6-3-2-4-7-11)16-14(17)12-8-5-9-15-12/h2-9,13,15H,10H2,1H3,(H,16,17)/t13-,19-/m1/s1. The molecule has 2 aromatic rings. The first kappa shape index (κ1) is 13.5. The van der Waals surface area contributed by atoms with Crippen molar-refractivity contribution in [3.63, 3.8) is 0 Å². The molecule has 2 rings (SSSR count). The Kier molecular flexibility index (Phi) is 4.52. The average molecular weight is 276 g/mol. The van der Waals surface area contributed by atoms with Gasteiger partial charge in [0.25, 0.3) is 5.91 Å². The fraction of sp³-hybridized carbons (Fsp3) is 0.214. The van der Waals surface area contributed by atoms with E-state index in [0.717, 1.165) is 5.56 Å². The van der Waals surface area contributed by atoms with E-state index in [9.17, 15) is 9.00 Å². The Morgan fingerprint density at radius 2 is 2.00 bits per heavy atom. The lowest BCUT2D eigenvalue weighted by molar-refractivity contribution is 0.0936. The lowest BCUT2D eigenvalue weighted by Gasteiger charge is -2.17. The highest BCUT2D eigenvalue weighted by atomic mass is 32.2. The summed E-state index contributed by atoms with van der Waals surface area (Å²) in [5.41, 5.74) is 1.46. The molecule has 0 radical (unpaired) electrons. The lowest BCUT2D eigenvalue weighted by Crippen LogP contribution is -2.32. The van der Waals surface area contributed by atoms with Gasteiger partial charge in [0.1, 0.15) is 5.69 Å².